The Hall–Kier alpha value is -4.41. The van der Waals surface area contributed by atoms with Gasteiger partial charge in [0, 0.05) is 24.2 Å². The van der Waals surface area contributed by atoms with Crippen LogP contribution in [0.4, 0.5) is 10.2 Å². The number of hydrogen-bond acceptors (Lipinski definition) is 8. The number of rotatable bonds is 5. The Morgan fingerprint density at radius 1 is 1.06 bits per heavy atom. The third-order valence-corrected chi connectivity index (χ3v) is 4.77. The second-order valence-corrected chi connectivity index (χ2v) is 6.65. The van der Waals surface area contributed by atoms with Crippen LogP contribution in [0.3, 0.4) is 0 Å². The molecule has 0 bridgehead atoms. The summed E-state index contributed by atoms with van der Waals surface area (Å²) in [6.45, 7) is 0.323. The summed E-state index contributed by atoms with van der Waals surface area (Å²) >= 11 is 0. The lowest BCUT2D eigenvalue weighted by atomic mass is 10.1. The van der Waals surface area contributed by atoms with Crippen molar-refractivity contribution in [1.82, 2.24) is 39.5 Å². The summed E-state index contributed by atoms with van der Waals surface area (Å²) in [5, 5.41) is 8.85. The molecule has 0 saturated carbocycles. The summed E-state index contributed by atoms with van der Waals surface area (Å²) in [4.78, 5) is 17.1. The molecule has 11 heteroatoms. The fourth-order valence-electron chi connectivity index (χ4n) is 3.41. The molecule has 0 saturated heterocycles. The topological polar surface area (TPSA) is 122 Å². The van der Waals surface area contributed by atoms with E-state index >= 15 is 0 Å². The van der Waals surface area contributed by atoms with Crippen molar-refractivity contribution in [2.24, 2.45) is 0 Å². The van der Waals surface area contributed by atoms with Crippen LogP contribution in [-0.2, 0) is 6.54 Å². The average molecular weight is 417 g/mol. The lowest BCUT2D eigenvalue weighted by Gasteiger charge is -2.04. The van der Waals surface area contributed by atoms with Crippen molar-refractivity contribution < 1.29 is 9.13 Å². The minimum Gasteiger partial charge on any atom is -0.479 e. The molecule has 1 aromatic carbocycles. The number of hydrogen-bond donors (Lipinski definition) is 1. The van der Waals surface area contributed by atoms with E-state index in [4.69, 9.17) is 10.5 Å². The van der Waals surface area contributed by atoms with Gasteiger partial charge < -0.3 is 15.0 Å². The van der Waals surface area contributed by atoms with Crippen molar-refractivity contribution >= 4 is 16.9 Å². The van der Waals surface area contributed by atoms with Crippen molar-refractivity contribution in [3.63, 3.8) is 0 Å². The van der Waals surface area contributed by atoms with Gasteiger partial charge in [-0.25, -0.2) is 29.0 Å². The van der Waals surface area contributed by atoms with E-state index < -0.39 is 0 Å². The predicted molar refractivity (Wildman–Crippen MR) is 110 cm³/mol. The zero-order valence-electron chi connectivity index (χ0n) is 16.3. The molecule has 0 amide bonds. The first-order chi connectivity index (χ1) is 15.2. The normalized spacial score (nSPS) is 11.2. The van der Waals surface area contributed by atoms with Crippen molar-refractivity contribution in [3.05, 3.63) is 66.9 Å². The lowest BCUT2D eigenvalue weighted by Crippen LogP contribution is -2.01. The maximum absolute atomic E-state index is 14.1. The van der Waals surface area contributed by atoms with Crippen LogP contribution in [0.15, 0.2) is 55.4 Å². The quantitative estimate of drug-likeness (QED) is 0.462. The maximum atomic E-state index is 14.1. The predicted octanol–water partition coefficient (Wildman–Crippen LogP) is 2.25. The van der Waals surface area contributed by atoms with Crippen molar-refractivity contribution in [1.29, 1.82) is 0 Å². The van der Waals surface area contributed by atoms with Gasteiger partial charge in [0.2, 0.25) is 5.88 Å². The Labute approximate surface area is 175 Å². The van der Waals surface area contributed by atoms with E-state index in [9.17, 15) is 4.39 Å². The highest BCUT2D eigenvalue weighted by atomic mass is 19.1. The van der Waals surface area contributed by atoms with Gasteiger partial charge in [0.15, 0.2) is 0 Å². The molecule has 4 heterocycles. The van der Waals surface area contributed by atoms with Gasteiger partial charge in [0.05, 0.1) is 25.2 Å². The van der Waals surface area contributed by atoms with Crippen LogP contribution >= 0.6 is 0 Å². The van der Waals surface area contributed by atoms with Crippen LogP contribution in [0, 0.1) is 5.82 Å². The highest BCUT2D eigenvalue weighted by Gasteiger charge is 2.20. The number of aromatic nitrogens is 8. The molecule has 4 aromatic heterocycles. The molecule has 2 N–H and O–H groups in total. The highest BCUT2D eigenvalue weighted by molar-refractivity contribution is 6.00. The van der Waals surface area contributed by atoms with E-state index in [1.165, 1.54) is 24.2 Å². The lowest BCUT2D eigenvalue weighted by molar-refractivity contribution is 0.398. The van der Waals surface area contributed by atoms with Crippen LogP contribution in [-0.4, -0.2) is 46.6 Å². The summed E-state index contributed by atoms with van der Waals surface area (Å²) in [6, 6.07) is 6.36. The van der Waals surface area contributed by atoms with Crippen LogP contribution in [0.5, 0.6) is 5.88 Å². The van der Waals surface area contributed by atoms with Crippen LogP contribution in [0.1, 0.15) is 5.69 Å². The minimum atomic E-state index is -0.386. The van der Waals surface area contributed by atoms with Crippen LogP contribution in [0.2, 0.25) is 0 Å². The van der Waals surface area contributed by atoms with Crippen LogP contribution in [0.25, 0.3) is 28.0 Å². The number of para-hydroxylation sites is 1. The molecule has 0 aliphatic carbocycles. The molecule has 10 nitrogen and oxygen atoms in total. The smallest absolute Gasteiger partial charge is 0.240 e. The molecule has 31 heavy (non-hydrogen) atoms. The maximum Gasteiger partial charge on any atom is 0.240 e. The highest BCUT2D eigenvalue weighted by Crippen LogP contribution is 2.35. The van der Waals surface area contributed by atoms with E-state index in [0.717, 1.165) is 0 Å². The van der Waals surface area contributed by atoms with E-state index in [1.54, 1.807) is 36.8 Å². The number of ether oxygens (including phenoxy) is 1. The van der Waals surface area contributed by atoms with Gasteiger partial charge >= 0.3 is 0 Å². The van der Waals surface area contributed by atoms with Gasteiger partial charge in [-0.1, -0.05) is 17.3 Å². The SMILES string of the molecule is COc1nccnc1-c1cn(Cc2cn(-c3ccccc3F)nn2)c2ncnc(N)c12. The molecule has 0 spiro atoms. The molecule has 0 aliphatic rings. The van der Waals surface area contributed by atoms with Gasteiger partial charge in [-0.15, -0.1) is 5.10 Å². The van der Waals surface area contributed by atoms with Gasteiger partial charge in [0.1, 0.15) is 40.7 Å². The number of nitrogen functional groups attached to an aromatic ring is 1. The Balaban J connectivity index is 1.59. The number of fused-ring (bicyclic) bond motifs is 1. The van der Waals surface area contributed by atoms with Gasteiger partial charge in [0.25, 0.3) is 0 Å². The number of halogens is 1. The Bertz CT molecular complexity index is 1390. The Morgan fingerprint density at radius 2 is 1.90 bits per heavy atom. The number of nitrogens with two attached hydrogens (primary N) is 1. The second-order valence-electron chi connectivity index (χ2n) is 6.65. The van der Waals surface area contributed by atoms with Crippen molar-refractivity contribution in [3.8, 4) is 22.8 Å². The third kappa shape index (κ3) is 3.21. The van der Waals surface area contributed by atoms with E-state index in [-0.39, 0.29) is 5.82 Å². The Kier molecular flexibility index (Phi) is 4.47. The third-order valence-electron chi connectivity index (χ3n) is 4.77. The van der Waals surface area contributed by atoms with E-state index in [0.29, 0.717) is 51.9 Å². The number of anilines is 1. The molecular formula is C20H16FN9O. The van der Waals surface area contributed by atoms with Gasteiger partial charge in [-0.2, -0.15) is 0 Å². The monoisotopic (exact) mass is 417 g/mol. The first-order valence-corrected chi connectivity index (χ1v) is 9.26. The first-order valence-electron chi connectivity index (χ1n) is 9.26. The largest absolute Gasteiger partial charge is 0.479 e. The molecule has 5 rings (SSSR count). The summed E-state index contributed by atoms with van der Waals surface area (Å²) in [5.74, 6) is 0.277. The zero-order chi connectivity index (χ0) is 21.4. The molecule has 0 atom stereocenters. The number of nitrogens with zero attached hydrogens (tertiary/aromatic N) is 8. The average Bonchev–Trinajstić information content (AvgIpc) is 3.40. The second kappa shape index (κ2) is 7.44. The fourth-order valence-corrected chi connectivity index (χ4v) is 3.41. The van der Waals surface area contributed by atoms with Crippen LogP contribution < -0.4 is 10.5 Å². The standard InChI is InChI=1S/C20H16FN9O/c1-31-20-17(23-6-7-24-20)13-10-29(19-16(13)18(22)25-11-26-19)8-12-9-30(28-27-12)15-5-3-2-4-14(15)21/h2-7,9-11H,8H2,1H3,(H2,22,25,26). The summed E-state index contributed by atoms with van der Waals surface area (Å²) in [7, 11) is 1.52. The summed E-state index contributed by atoms with van der Waals surface area (Å²) in [6.07, 6.45) is 8.01. The fraction of sp³-hybridized carbons (Fsp3) is 0.100. The molecule has 0 fully saturated rings. The molecular weight excluding hydrogens is 401 g/mol. The molecule has 5 aromatic rings. The van der Waals surface area contributed by atoms with E-state index in [1.807, 2.05) is 10.8 Å². The van der Waals surface area contributed by atoms with Gasteiger partial charge in [-0.3, -0.25) is 0 Å². The summed E-state index contributed by atoms with van der Waals surface area (Å²) < 4.78 is 22.7. The molecule has 154 valence electrons. The van der Waals surface area contributed by atoms with Gasteiger partial charge in [-0.05, 0) is 12.1 Å². The molecule has 0 unspecified atom stereocenters. The number of benzene rings is 1. The summed E-state index contributed by atoms with van der Waals surface area (Å²) in [5.41, 5.74) is 8.88. The molecule has 0 radical (unpaired) electrons. The van der Waals surface area contributed by atoms with E-state index in [2.05, 4.69) is 30.2 Å². The first kappa shape index (κ1) is 18.6. The zero-order valence-corrected chi connectivity index (χ0v) is 16.3. The van der Waals surface area contributed by atoms with Crippen molar-refractivity contribution in [2.75, 3.05) is 12.8 Å². The minimum absolute atomic E-state index is 0.307. The number of methoxy groups -OCH3 is 1. The van der Waals surface area contributed by atoms with Crippen molar-refractivity contribution in [2.45, 2.75) is 6.54 Å². The molecule has 0 aliphatic heterocycles. The Morgan fingerprint density at radius 3 is 2.74 bits per heavy atom.